The number of nitrogens with one attached hydrogen (secondary N) is 1. The summed E-state index contributed by atoms with van der Waals surface area (Å²) in [5.41, 5.74) is -0.102. The van der Waals surface area contributed by atoms with Gasteiger partial charge in [0, 0.05) is 6.92 Å². The highest BCUT2D eigenvalue weighted by atomic mass is 16.6. The summed E-state index contributed by atoms with van der Waals surface area (Å²) in [6.07, 6.45) is -0.909. The smallest absolute Gasteiger partial charge is 0.355 e. The van der Waals surface area contributed by atoms with Crippen LogP contribution in [0.25, 0.3) is 0 Å². The van der Waals surface area contributed by atoms with Crippen molar-refractivity contribution in [2.75, 3.05) is 6.61 Å². The first kappa shape index (κ1) is 10.7. The predicted molar refractivity (Wildman–Crippen MR) is 44.9 cm³/mol. The molecule has 1 amide bonds. The molecule has 1 rings (SSSR count). The maximum absolute atomic E-state index is 11.1. The lowest BCUT2D eigenvalue weighted by Gasteiger charge is -2.24. The van der Waals surface area contributed by atoms with Crippen LogP contribution in [0.5, 0.6) is 0 Å². The van der Waals surface area contributed by atoms with Crippen molar-refractivity contribution in [3.63, 3.8) is 0 Å². The van der Waals surface area contributed by atoms with E-state index in [9.17, 15) is 14.7 Å². The number of hydrogen-bond donors (Lipinski definition) is 3. The molecule has 78 valence electrons. The molecule has 0 saturated carbocycles. The monoisotopic (exact) mass is 201 g/mol. The van der Waals surface area contributed by atoms with Crippen LogP contribution in [0.2, 0.25) is 0 Å². The highest BCUT2D eigenvalue weighted by Gasteiger charge is 2.29. The Balaban J connectivity index is 2.77. The van der Waals surface area contributed by atoms with Crippen molar-refractivity contribution in [1.82, 2.24) is 5.32 Å². The minimum atomic E-state index is -1.10. The number of aliphatic hydroxyl groups excluding tert-OH is 2. The van der Waals surface area contributed by atoms with E-state index >= 15 is 0 Å². The fourth-order valence-electron chi connectivity index (χ4n) is 1.04. The molecule has 1 aliphatic rings. The van der Waals surface area contributed by atoms with Crippen LogP contribution >= 0.6 is 0 Å². The van der Waals surface area contributed by atoms with E-state index in [1.807, 2.05) is 0 Å². The van der Waals surface area contributed by atoms with Gasteiger partial charge in [-0.25, -0.2) is 4.79 Å². The van der Waals surface area contributed by atoms with Gasteiger partial charge in [0.1, 0.15) is 11.8 Å². The van der Waals surface area contributed by atoms with Crippen molar-refractivity contribution in [3.8, 4) is 0 Å². The number of carbonyl (C=O) groups excluding carboxylic acids is 2. The Labute approximate surface area is 80.2 Å². The van der Waals surface area contributed by atoms with Gasteiger partial charge >= 0.3 is 5.97 Å². The van der Waals surface area contributed by atoms with E-state index in [1.165, 1.54) is 6.92 Å². The summed E-state index contributed by atoms with van der Waals surface area (Å²) in [7, 11) is 0. The molecule has 6 heteroatoms. The zero-order valence-electron chi connectivity index (χ0n) is 7.56. The number of carbonyl (C=O) groups is 2. The molecule has 0 aromatic rings. The van der Waals surface area contributed by atoms with Crippen molar-refractivity contribution in [2.24, 2.45) is 0 Å². The van der Waals surface area contributed by atoms with Crippen LogP contribution in [0.3, 0.4) is 0 Å². The Bertz CT molecular complexity index is 285. The molecule has 0 fully saturated rings. The Hall–Kier alpha value is -1.40. The van der Waals surface area contributed by atoms with E-state index < -0.39 is 30.7 Å². The van der Waals surface area contributed by atoms with E-state index in [1.54, 1.807) is 0 Å². The van der Waals surface area contributed by atoms with Crippen LogP contribution in [0.15, 0.2) is 11.8 Å². The lowest BCUT2D eigenvalue weighted by molar-refractivity contribution is -0.155. The largest absolute Gasteiger partial charge is 0.452 e. The summed E-state index contributed by atoms with van der Waals surface area (Å²) >= 11 is 0. The molecule has 2 unspecified atom stereocenters. The topological polar surface area (TPSA) is 95.9 Å². The molecule has 1 heterocycles. The minimum absolute atomic E-state index is 0.102. The molecule has 0 aliphatic carbocycles. The zero-order valence-corrected chi connectivity index (χ0v) is 7.56. The lowest BCUT2D eigenvalue weighted by Crippen LogP contribution is -2.41. The molecular weight excluding hydrogens is 190 g/mol. The summed E-state index contributed by atoms with van der Waals surface area (Å²) in [6, 6.07) is 0. The average Bonchev–Trinajstić information content (AvgIpc) is 2.10. The third kappa shape index (κ3) is 2.30. The second kappa shape index (κ2) is 4.21. The second-order valence-corrected chi connectivity index (χ2v) is 2.88. The molecule has 0 bridgehead atoms. The summed E-state index contributed by atoms with van der Waals surface area (Å²) in [5, 5.41) is 20.2. The van der Waals surface area contributed by atoms with Gasteiger partial charge in [-0.1, -0.05) is 0 Å². The number of rotatable bonds is 2. The summed E-state index contributed by atoms with van der Waals surface area (Å²) in [6.45, 7) is 0.773. The van der Waals surface area contributed by atoms with Gasteiger partial charge in [-0.2, -0.15) is 0 Å². The summed E-state index contributed by atoms with van der Waals surface area (Å²) in [4.78, 5) is 21.7. The number of amides is 1. The maximum atomic E-state index is 11.1. The van der Waals surface area contributed by atoms with E-state index in [0.29, 0.717) is 0 Å². The molecule has 0 spiro atoms. The van der Waals surface area contributed by atoms with E-state index in [0.717, 1.165) is 6.08 Å². The predicted octanol–water partition coefficient (Wildman–Crippen LogP) is -1.72. The Kier molecular flexibility index (Phi) is 3.21. The van der Waals surface area contributed by atoms with Crippen LogP contribution < -0.4 is 5.32 Å². The van der Waals surface area contributed by atoms with Gasteiger partial charge in [0.2, 0.25) is 5.91 Å². The molecule has 0 aromatic carbocycles. The van der Waals surface area contributed by atoms with Crippen LogP contribution in [0, 0.1) is 0 Å². The third-order valence-corrected chi connectivity index (χ3v) is 1.69. The minimum Gasteiger partial charge on any atom is -0.452 e. The Morgan fingerprint density at radius 1 is 1.71 bits per heavy atom. The van der Waals surface area contributed by atoms with Crippen LogP contribution in [-0.4, -0.2) is 40.9 Å². The fraction of sp³-hybridized carbons (Fsp3) is 0.500. The number of hydrogen-bond acceptors (Lipinski definition) is 5. The molecule has 6 nitrogen and oxygen atoms in total. The number of cyclic esters (lactones) is 1. The van der Waals surface area contributed by atoms with E-state index in [2.05, 4.69) is 10.1 Å². The molecule has 0 saturated heterocycles. The lowest BCUT2D eigenvalue weighted by atomic mass is 10.1. The Morgan fingerprint density at radius 3 is 2.86 bits per heavy atom. The number of ether oxygens (including phenoxy) is 1. The Morgan fingerprint density at radius 2 is 2.36 bits per heavy atom. The van der Waals surface area contributed by atoms with Gasteiger partial charge in [0.15, 0.2) is 6.10 Å². The second-order valence-electron chi connectivity index (χ2n) is 2.88. The van der Waals surface area contributed by atoms with E-state index in [4.69, 9.17) is 5.11 Å². The number of aliphatic hydroxyl groups is 2. The summed E-state index contributed by atoms with van der Waals surface area (Å²) < 4.78 is 4.64. The van der Waals surface area contributed by atoms with Gasteiger partial charge in [-0.3, -0.25) is 4.79 Å². The van der Waals surface area contributed by atoms with Crippen molar-refractivity contribution in [2.45, 2.75) is 19.1 Å². The molecule has 0 radical (unpaired) electrons. The first-order valence-electron chi connectivity index (χ1n) is 4.04. The van der Waals surface area contributed by atoms with Crippen molar-refractivity contribution < 1.29 is 24.5 Å². The van der Waals surface area contributed by atoms with Crippen molar-refractivity contribution in [3.05, 3.63) is 11.8 Å². The van der Waals surface area contributed by atoms with Crippen molar-refractivity contribution >= 4 is 11.9 Å². The third-order valence-electron chi connectivity index (χ3n) is 1.69. The van der Waals surface area contributed by atoms with Gasteiger partial charge < -0.3 is 20.3 Å². The van der Waals surface area contributed by atoms with E-state index in [-0.39, 0.29) is 5.70 Å². The molecule has 2 atom stereocenters. The van der Waals surface area contributed by atoms with Crippen LogP contribution in [0.1, 0.15) is 6.92 Å². The highest BCUT2D eigenvalue weighted by molar-refractivity contribution is 5.94. The normalized spacial score (nSPS) is 26.5. The first-order valence-corrected chi connectivity index (χ1v) is 4.04. The average molecular weight is 201 g/mol. The quantitative estimate of drug-likeness (QED) is 0.462. The van der Waals surface area contributed by atoms with Gasteiger partial charge in [-0.15, -0.1) is 0 Å². The van der Waals surface area contributed by atoms with Gasteiger partial charge in [0.05, 0.1) is 6.61 Å². The van der Waals surface area contributed by atoms with Crippen LogP contribution in [-0.2, 0) is 14.3 Å². The van der Waals surface area contributed by atoms with Gasteiger partial charge in [0.25, 0.3) is 0 Å². The maximum Gasteiger partial charge on any atom is 0.355 e. The zero-order chi connectivity index (χ0) is 10.7. The molecule has 1 aliphatic heterocycles. The van der Waals surface area contributed by atoms with Crippen LogP contribution in [0.4, 0.5) is 0 Å². The van der Waals surface area contributed by atoms with Gasteiger partial charge in [-0.05, 0) is 6.08 Å². The molecule has 3 N–H and O–H groups in total. The van der Waals surface area contributed by atoms with Crippen molar-refractivity contribution in [1.29, 1.82) is 0 Å². The first-order chi connectivity index (χ1) is 6.54. The standard InChI is InChI=1S/C8H11NO5/c1-4(11)9-5-2-6(12)7(3-10)14-8(5)13/h2,6-7,10,12H,3H2,1H3,(H,9,11). The molecule has 14 heavy (non-hydrogen) atoms. The SMILES string of the molecule is CC(=O)NC1=CC(O)C(CO)OC1=O. The molecule has 0 aromatic heterocycles. The number of esters is 1. The highest BCUT2D eigenvalue weighted by Crippen LogP contribution is 2.12. The fourth-order valence-corrected chi connectivity index (χ4v) is 1.04. The molecular formula is C8H11NO5. The summed E-state index contributed by atoms with van der Waals surface area (Å²) in [5.74, 6) is -1.19.